The fraction of sp³-hybridized carbons (Fsp3) is 0.522. The minimum atomic E-state index is -2.75. The molecule has 3 aliphatic carbocycles. The number of nitrogens with two attached hydrogens (primary N) is 3. The Kier molecular flexibility index (Phi) is 5.03. The number of primary amides is 1. The number of hydrogen-bond acceptors (Lipinski definition) is 9. The standard InChI is InChI=1S/C23H27N3O7/c1-8(2)13-10-6-22(7-24)5-9-11(25)3-4-12(27)14(9)18(29)16(22)20(31)23(10,33)19(30)15(17(13)28)21(26)32/h3-4,8,10,13,15-16,27,33H,5-7,24-25H2,1-2H3,(H2,26,32). The second-order valence-corrected chi connectivity index (χ2v) is 9.88. The van der Waals surface area contributed by atoms with Crippen LogP contribution in [0.4, 0.5) is 5.69 Å². The van der Waals surface area contributed by atoms with Crippen LogP contribution in [-0.4, -0.2) is 51.4 Å². The highest BCUT2D eigenvalue weighted by molar-refractivity contribution is 6.32. The molecule has 3 aliphatic rings. The fourth-order valence-electron chi connectivity index (χ4n) is 6.34. The topological polar surface area (TPSA) is 204 Å². The Morgan fingerprint density at radius 2 is 1.82 bits per heavy atom. The minimum absolute atomic E-state index is 0.0419. The summed E-state index contributed by atoms with van der Waals surface area (Å²) in [5.41, 5.74) is 13.9. The molecule has 10 heteroatoms. The van der Waals surface area contributed by atoms with Gasteiger partial charge in [0, 0.05) is 22.9 Å². The lowest BCUT2D eigenvalue weighted by molar-refractivity contribution is -0.187. The van der Waals surface area contributed by atoms with Crippen molar-refractivity contribution < 1.29 is 34.2 Å². The van der Waals surface area contributed by atoms with Crippen LogP contribution in [-0.2, 0) is 25.6 Å². The van der Waals surface area contributed by atoms with Crippen molar-refractivity contribution in [1.29, 1.82) is 0 Å². The van der Waals surface area contributed by atoms with Gasteiger partial charge >= 0.3 is 0 Å². The zero-order valence-corrected chi connectivity index (χ0v) is 18.3. The number of anilines is 1. The number of carbonyl (C=O) groups is 5. The molecule has 0 radical (unpaired) electrons. The molecule has 0 aromatic heterocycles. The number of rotatable bonds is 3. The first-order valence-corrected chi connectivity index (χ1v) is 10.8. The third kappa shape index (κ3) is 2.77. The highest BCUT2D eigenvalue weighted by Crippen LogP contribution is 2.58. The molecule has 8 N–H and O–H groups in total. The number of amides is 1. The molecular formula is C23H27N3O7. The molecule has 2 saturated carbocycles. The van der Waals surface area contributed by atoms with E-state index in [2.05, 4.69) is 0 Å². The first kappa shape index (κ1) is 23.1. The van der Waals surface area contributed by atoms with Crippen molar-refractivity contribution in [2.24, 2.45) is 46.5 Å². The Labute approximate surface area is 189 Å². The summed E-state index contributed by atoms with van der Waals surface area (Å²) in [6, 6.07) is 2.67. The van der Waals surface area contributed by atoms with E-state index in [1.165, 1.54) is 12.1 Å². The van der Waals surface area contributed by atoms with Gasteiger partial charge in [-0.15, -0.1) is 0 Å². The monoisotopic (exact) mass is 457 g/mol. The van der Waals surface area contributed by atoms with Crippen molar-refractivity contribution in [1.82, 2.24) is 0 Å². The van der Waals surface area contributed by atoms with Gasteiger partial charge in [-0.2, -0.15) is 0 Å². The molecule has 10 nitrogen and oxygen atoms in total. The third-order valence-corrected chi connectivity index (χ3v) is 7.87. The van der Waals surface area contributed by atoms with E-state index < -0.39 is 69.6 Å². The molecule has 1 amide bonds. The maximum absolute atomic E-state index is 13.8. The fourth-order valence-corrected chi connectivity index (χ4v) is 6.34. The number of hydrogen-bond donors (Lipinski definition) is 5. The van der Waals surface area contributed by atoms with Crippen LogP contribution < -0.4 is 17.2 Å². The summed E-state index contributed by atoms with van der Waals surface area (Å²) in [4.78, 5) is 65.8. The van der Waals surface area contributed by atoms with Crippen molar-refractivity contribution in [3.8, 4) is 5.75 Å². The van der Waals surface area contributed by atoms with E-state index in [1.807, 2.05) is 0 Å². The zero-order valence-electron chi connectivity index (χ0n) is 18.3. The predicted octanol–water partition coefficient (Wildman–Crippen LogP) is -0.880. The molecule has 6 atom stereocenters. The molecule has 0 aliphatic heterocycles. The summed E-state index contributed by atoms with van der Waals surface area (Å²) in [6.07, 6.45) is -0.0528. The largest absolute Gasteiger partial charge is 0.507 e. The van der Waals surface area contributed by atoms with Crippen LogP contribution >= 0.6 is 0 Å². The Hall–Kier alpha value is -3.11. The molecule has 0 spiro atoms. The molecule has 0 heterocycles. The van der Waals surface area contributed by atoms with Crippen LogP contribution in [0.15, 0.2) is 12.1 Å². The van der Waals surface area contributed by atoms with Crippen molar-refractivity contribution in [2.45, 2.75) is 32.3 Å². The number of Topliss-reactive ketones (excluding diaryl/α,β-unsaturated/α-hetero) is 4. The molecule has 6 unspecified atom stereocenters. The summed E-state index contributed by atoms with van der Waals surface area (Å²) in [6.45, 7) is 3.20. The van der Waals surface area contributed by atoms with Gasteiger partial charge in [0.05, 0.1) is 11.5 Å². The summed E-state index contributed by atoms with van der Waals surface area (Å²) in [5.74, 6) is -11.8. The lowest BCUT2D eigenvalue weighted by Crippen LogP contribution is -2.74. The highest BCUT2D eigenvalue weighted by Gasteiger charge is 2.72. The molecule has 0 bridgehead atoms. The number of fused-ring (bicyclic) bond motifs is 3. The highest BCUT2D eigenvalue weighted by atomic mass is 16.3. The molecule has 1 aromatic rings. The van der Waals surface area contributed by atoms with Gasteiger partial charge in [-0.05, 0) is 43.0 Å². The second-order valence-electron chi connectivity index (χ2n) is 9.88. The van der Waals surface area contributed by atoms with Gasteiger partial charge in [0.1, 0.15) is 5.75 Å². The SMILES string of the molecule is CC(C)C1C(=O)C(C(N)=O)C(=O)C2(O)C(=O)C3C(=O)c4c(O)ccc(N)c4CC3(CN)CC12. The first-order valence-electron chi connectivity index (χ1n) is 10.8. The number of phenolic OH excluding ortho intramolecular Hbond substituents is 1. The van der Waals surface area contributed by atoms with Crippen LogP contribution in [0.1, 0.15) is 36.2 Å². The summed E-state index contributed by atoms with van der Waals surface area (Å²) in [7, 11) is 0. The molecule has 0 saturated heterocycles. The van der Waals surface area contributed by atoms with E-state index in [4.69, 9.17) is 17.2 Å². The van der Waals surface area contributed by atoms with Crippen molar-refractivity contribution >= 4 is 34.7 Å². The Morgan fingerprint density at radius 1 is 1.18 bits per heavy atom. The third-order valence-electron chi connectivity index (χ3n) is 7.87. The normalized spacial score (nSPS) is 35.8. The molecule has 4 rings (SSSR count). The average Bonchev–Trinajstić information content (AvgIpc) is 2.73. The average molecular weight is 457 g/mol. The van der Waals surface area contributed by atoms with E-state index in [9.17, 15) is 34.2 Å². The van der Waals surface area contributed by atoms with Gasteiger partial charge in [0.2, 0.25) is 5.91 Å². The smallest absolute Gasteiger partial charge is 0.235 e. The summed E-state index contributed by atoms with van der Waals surface area (Å²) < 4.78 is 0. The van der Waals surface area contributed by atoms with Gasteiger partial charge in [0.15, 0.2) is 34.7 Å². The number of phenols is 1. The van der Waals surface area contributed by atoms with Crippen LogP contribution in [0, 0.1) is 35.0 Å². The molecular weight excluding hydrogens is 430 g/mol. The minimum Gasteiger partial charge on any atom is -0.507 e. The van der Waals surface area contributed by atoms with Gasteiger partial charge < -0.3 is 27.4 Å². The first-order chi connectivity index (χ1) is 15.3. The molecule has 33 heavy (non-hydrogen) atoms. The lowest BCUT2D eigenvalue weighted by Gasteiger charge is -2.57. The van der Waals surface area contributed by atoms with E-state index in [1.54, 1.807) is 13.8 Å². The van der Waals surface area contributed by atoms with Gasteiger partial charge in [-0.1, -0.05) is 13.8 Å². The maximum atomic E-state index is 13.8. The number of aromatic hydroxyl groups is 1. The summed E-state index contributed by atoms with van der Waals surface area (Å²) in [5, 5.41) is 21.9. The van der Waals surface area contributed by atoms with Gasteiger partial charge in [-0.3, -0.25) is 24.0 Å². The second kappa shape index (κ2) is 7.19. The van der Waals surface area contributed by atoms with E-state index in [0.717, 1.165) is 0 Å². The van der Waals surface area contributed by atoms with Crippen LogP contribution in [0.2, 0.25) is 0 Å². The number of nitrogen functional groups attached to an aromatic ring is 1. The quantitative estimate of drug-likeness (QED) is 0.217. The van der Waals surface area contributed by atoms with Crippen molar-refractivity contribution in [3.05, 3.63) is 23.3 Å². The number of aliphatic hydroxyl groups is 1. The van der Waals surface area contributed by atoms with E-state index >= 15 is 0 Å². The van der Waals surface area contributed by atoms with Gasteiger partial charge in [0.25, 0.3) is 0 Å². The predicted molar refractivity (Wildman–Crippen MR) is 115 cm³/mol. The zero-order chi connectivity index (χ0) is 24.6. The number of benzene rings is 1. The van der Waals surface area contributed by atoms with E-state index in [-0.39, 0.29) is 36.4 Å². The van der Waals surface area contributed by atoms with Crippen LogP contribution in [0.5, 0.6) is 5.75 Å². The molecule has 176 valence electrons. The Bertz CT molecular complexity index is 1130. The lowest BCUT2D eigenvalue weighted by atomic mass is 9.45. The van der Waals surface area contributed by atoms with Crippen molar-refractivity contribution in [2.75, 3.05) is 12.3 Å². The maximum Gasteiger partial charge on any atom is 0.235 e. The van der Waals surface area contributed by atoms with Crippen molar-refractivity contribution in [3.63, 3.8) is 0 Å². The Morgan fingerprint density at radius 3 is 2.36 bits per heavy atom. The van der Waals surface area contributed by atoms with E-state index in [0.29, 0.717) is 5.56 Å². The molecule has 2 fully saturated rings. The number of ketones is 4. The van der Waals surface area contributed by atoms with Gasteiger partial charge in [-0.25, -0.2) is 0 Å². The van der Waals surface area contributed by atoms with Crippen LogP contribution in [0.25, 0.3) is 0 Å². The van der Waals surface area contributed by atoms with Crippen LogP contribution in [0.3, 0.4) is 0 Å². The Balaban J connectivity index is 1.97. The number of carbonyl (C=O) groups excluding carboxylic acids is 5. The summed E-state index contributed by atoms with van der Waals surface area (Å²) >= 11 is 0. The molecule has 1 aromatic carbocycles.